The number of benzene rings is 2. The van der Waals surface area contributed by atoms with Crippen LogP contribution in [0.5, 0.6) is 17.2 Å². The van der Waals surface area contributed by atoms with Crippen molar-refractivity contribution >= 4 is 27.5 Å². The summed E-state index contributed by atoms with van der Waals surface area (Å²) in [6.07, 6.45) is -0.773. The summed E-state index contributed by atoms with van der Waals surface area (Å²) in [7, 11) is 1.63. The first kappa shape index (κ1) is 19.5. The van der Waals surface area contributed by atoms with Gasteiger partial charge in [-0.1, -0.05) is 23.5 Å². The summed E-state index contributed by atoms with van der Waals surface area (Å²) in [5, 5.41) is 0. The monoisotopic (exact) mass is 414 g/mol. The maximum Gasteiger partial charge on any atom is 0.292 e. The number of rotatable bonds is 6. The Balaban J connectivity index is 1.67. The summed E-state index contributed by atoms with van der Waals surface area (Å²) in [6, 6.07) is 13.1. The molecule has 0 spiro atoms. The smallest absolute Gasteiger partial charge is 0.292 e. The molecular formula is C21H22N2O5S. The summed E-state index contributed by atoms with van der Waals surface area (Å²) in [6.45, 7) is 3.85. The third-order valence-electron chi connectivity index (χ3n) is 4.54. The van der Waals surface area contributed by atoms with Crippen LogP contribution < -0.4 is 19.0 Å². The fourth-order valence-electron chi connectivity index (χ4n) is 3.09. The molecule has 0 aliphatic carbocycles. The molecule has 3 aromatic rings. The van der Waals surface area contributed by atoms with Crippen LogP contribution in [-0.2, 0) is 16.1 Å². The number of aromatic nitrogens is 1. The third kappa shape index (κ3) is 4.13. The lowest BCUT2D eigenvalue weighted by Crippen LogP contribution is -2.37. The number of thiazole rings is 1. The number of para-hydroxylation sites is 2. The van der Waals surface area contributed by atoms with E-state index in [-0.39, 0.29) is 12.5 Å². The number of carbonyl (C=O) groups excluding carboxylic acids is 1. The maximum atomic E-state index is 12.8. The van der Waals surface area contributed by atoms with Crippen molar-refractivity contribution in [3.8, 4) is 17.2 Å². The Bertz CT molecular complexity index is 1090. The van der Waals surface area contributed by atoms with Crippen LogP contribution in [0.25, 0.3) is 10.2 Å². The van der Waals surface area contributed by atoms with E-state index in [1.807, 2.05) is 47.9 Å². The standard InChI is InChI=1S/C21H22N2O5S/c1-3-26-11-10-23-15-9-8-14(25-2)12-19(15)29-21(23)22-20(24)18-13-27-16-6-4-5-7-17(16)28-18/h4-9,12,18H,3,10-11,13H2,1-2H3/t18-/m1/s1. The first-order chi connectivity index (χ1) is 14.2. The van der Waals surface area contributed by atoms with E-state index in [2.05, 4.69) is 4.99 Å². The van der Waals surface area contributed by atoms with Gasteiger partial charge in [0.05, 0.1) is 23.9 Å². The lowest BCUT2D eigenvalue weighted by Gasteiger charge is -2.23. The van der Waals surface area contributed by atoms with E-state index < -0.39 is 6.10 Å². The van der Waals surface area contributed by atoms with Gasteiger partial charge in [0.15, 0.2) is 16.3 Å². The molecule has 0 N–H and O–H groups in total. The number of fused-ring (bicyclic) bond motifs is 2. The Kier molecular flexibility index (Phi) is 5.82. The number of carbonyl (C=O) groups is 1. The molecule has 0 radical (unpaired) electrons. The Morgan fingerprint density at radius 1 is 1.28 bits per heavy atom. The van der Waals surface area contributed by atoms with Crippen molar-refractivity contribution in [3.63, 3.8) is 0 Å². The minimum absolute atomic E-state index is 0.136. The fraction of sp³-hybridized carbons (Fsp3) is 0.333. The van der Waals surface area contributed by atoms with Gasteiger partial charge in [0.25, 0.3) is 5.91 Å². The number of nitrogens with zero attached hydrogens (tertiary/aromatic N) is 2. The molecule has 1 amide bonds. The molecule has 7 nitrogen and oxygen atoms in total. The molecule has 0 saturated heterocycles. The first-order valence-electron chi connectivity index (χ1n) is 9.41. The predicted octanol–water partition coefficient (Wildman–Crippen LogP) is 3.02. The Hall–Kier alpha value is -2.84. The van der Waals surface area contributed by atoms with Crippen molar-refractivity contribution in [1.29, 1.82) is 0 Å². The molecule has 0 fully saturated rings. The molecular weight excluding hydrogens is 392 g/mol. The van der Waals surface area contributed by atoms with Crippen molar-refractivity contribution in [2.75, 3.05) is 26.9 Å². The quantitative estimate of drug-likeness (QED) is 0.580. The Labute approximate surface area is 172 Å². The first-order valence-corrected chi connectivity index (χ1v) is 10.2. The van der Waals surface area contributed by atoms with Gasteiger partial charge in [-0.05, 0) is 37.3 Å². The topological polar surface area (TPSA) is 71.3 Å². The van der Waals surface area contributed by atoms with Crippen LogP contribution in [0.4, 0.5) is 0 Å². The summed E-state index contributed by atoms with van der Waals surface area (Å²) < 4.78 is 25.2. The van der Waals surface area contributed by atoms with Crippen LogP contribution >= 0.6 is 11.3 Å². The molecule has 0 bridgehead atoms. The molecule has 2 aromatic carbocycles. The molecule has 0 saturated carbocycles. The van der Waals surface area contributed by atoms with Gasteiger partial charge < -0.3 is 23.5 Å². The van der Waals surface area contributed by atoms with Crippen molar-refractivity contribution in [1.82, 2.24) is 4.57 Å². The second kappa shape index (κ2) is 8.67. The summed E-state index contributed by atoms with van der Waals surface area (Å²) in [5.74, 6) is 1.58. The predicted molar refractivity (Wildman–Crippen MR) is 110 cm³/mol. The highest BCUT2D eigenvalue weighted by Crippen LogP contribution is 2.31. The van der Waals surface area contributed by atoms with Crippen LogP contribution in [0.15, 0.2) is 47.5 Å². The molecule has 152 valence electrons. The van der Waals surface area contributed by atoms with Gasteiger partial charge in [0.1, 0.15) is 12.4 Å². The highest BCUT2D eigenvalue weighted by molar-refractivity contribution is 7.16. The van der Waals surface area contributed by atoms with E-state index in [9.17, 15) is 4.79 Å². The molecule has 1 aliphatic heterocycles. The molecule has 1 aromatic heterocycles. The zero-order valence-corrected chi connectivity index (χ0v) is 17.1. The largest absolute Gasteiger partial charge is 0.497 e. The van der Waals surface area contributed by atoms with Crippen molar-refractivity contribution < 1.29 is 23.7 Å². The Morgan fingerprint density at radius 2 is 2.10 bits per heavy atom. The fourth-order valence-corrected chi connectivity index (χ4v) is 4.18. The van der Waals surface area contributed by atoms with E-state index in [0.29, 0.717) is 36.1 Å². The van der Waals surface area contributed by atoms with Crippen molar-refractivity contribution in [3.05, 3.63) is 47.3 Å². The lowest BCUT2D eigenvalue weighted by molar-refractivity contribution is -0.127. The molecule has 1 atom stereocenters. The molecule has 29 heavy (non-hydrogen) atoms. The minimum Gasteiger partial charge on any atom is -0.497 e. The minimum atomic E-state index is -0.773. The molecule has 8 heteroatoms. The van der Waals surface area contributed by atoms with Crippen molar-refractivity contribution in [2.24, 2.45) is 4.99 Å². The maximum absolute atomic E-state index is 12.8. The van der Waals surface area contributed by atoms with Gasteiger partial charge in [-0.25, -0.2) is 0 Å². The van der Waals surface area contributed by atoms with Crippen LogP contribution in [-0.4, -0.2) is 43.5 Å². The molecule has 0 unspecified atom stereocenters. The summed E-state index contributed by atoms with van der Waals surface area (Å²) in [5.41, 5.74) is 0.980. The third-order valence-corrected chi connectivity index (χ3v) is 5.58. The number of amides is 1. The second-order valence-corrected chi connectivity index (χ2v) is 7.39. The second-order valence-electron chi connectivity index (χ2n) is 6.38. The molecule has 4 rings (SSSR count). The van der Waals surface area contributed by atoms with E-state index in [1.54, 1.807) is 13.2 Å². The zero-order chi connectivity index (χ0) is 20.2. The average Bonchev–Trinajstić information content (AvgIpc) is 3.09. The van der Waals surface area contributed by atoms with Gasteiger partial charge in [-0.15, -0.1) is 0 Å². The summed E-state index contributed by atoms with van der Waals surface area (Å²) >= 11 is 1.43. The molecule has 2 heterocycles. The van der Waals surface area contributed by atoms with Crippen LogP contribution in [0, 0.1) is 0 Å². The SMILES string of the molecule is CCOCCn1c(=NC(=O)[C@H]2COc3ccccc3O2)sc2cc(OC)ccc21. The molecule has 1 aliphatic rings. The highest BCUT2D eigenvalue weighted by Gasteiger charge is 2.27. The number of ether oxygens (including phenoxy) is 4. The van der Waals surface area contributed by atoms with Gasteiger partial charge in [0, 0.05) is 13.2 Å². The number of hydrogen-bond donors (Lipinski definition) is 0. The van der Waals surface area contributed by atoms with Crippen molar-refractivity contribution in [2.45, 2.75) is 19.6 Å². The summed E-state index contributed by atoms with van der Waals surface area (Å²) in [4.78, 5) is 17.8. The van der Waals surface area contributed by atoms with E-state index in [1.165, 1.54) is 11.3 Å². The Morgan fingerprint density at radius 3 is 2.90 bits per heavy atom. The zero-order valence-electron chi connectivity index (χ0n) is 16.3. The highest BCUT2D eigenvalue weighted by atomic mass is 32.1. The van der Waals surface area contributed by atoms with Gasteiger partial charge in [-0.3, -0.25) is 4.79 Å². The van der Waals surface area contributed by atoms with Crippen LogP contribution in [0.1, 0.15) is 6.92 Å². The normalized spacial score (nSPS) is 16.2. The van der Waals surface area contributed by atoms with E-state index >= 15 is 0 Å². The van der Waals surface area contributed by atoms with E-state index in [4.69, 9.17) is 18.9 Å². The van der Waals surface area contributed by atoms with Gasteiger partial charge in [-0.2, -0.15) is 4.99 Å². The number of hydrogen-bond acceptors (Lipinski definition) is 6. The van der Waals surface area contributed by atoms with E-state index in [0.717, 1.165) is 16.0 Å². The van der Waals surface area contributed by atoms with Crippen LogP contribution in [0.3, 0.4) is 0 Å². The average molecular weight is 414 g/mol. The number of methoxy groups -OCH3 is 1. The van der Waals surface area contributed by atoms with Gasteiger partial charge >= 0.3 is 0 Å². The van der Waals surface area contributed by atoms with Crippen LogP contribution in [0.2, 0.25) is 0 Å². The van der Waals surface area contributed by atoms with Gasteiger partial charge in [0.2, 0.25) is 6.10 Å². The lowest BCUT2D eigenvalue weighted by atomic mass is 10.2.